The Morgan fingerprint density at radius 2 is 1.85 bits per heavy atom. The number of benzene rings is 1. The molecule has 5 rings (SSSR count). The van der Waals surface area contributed by atoms with Gasteiger partial charge in [0, 0.05) is 43.0 Å². The number of piperazine rings is 1. The van der Waals surface area contributed by atoms with E-state index in [0.29, 0.717) is 48.0 Å². The van der Waals surface area contributed by atoms with Gasteiger partial charge in [-0.25, -0.2) is 9.67 Å². The van der Waals surface area contributed by atoms with Crippen LogP contribution in [-0.2, 0) is 11.3 Å². The second-order valence-electron chi connectivity index (χ2n) is 7.84. The highest BCUT2D eigenvalue weighted by Crippen LogP contribution is 2.28. The highest BCUT2D eigenvalue weighted by Gasteiger charge is 2.24. The molecule has 0 unspecified atom stereocenters. The Balaban J connectivity index is 1.40. The Labute approximate surface area is 194 Å². The van der Waals surface area contributed by atoms with Crippen LogP contribution in [0.3, 0.4) is 0 Å². The first-order chi connectivity index (χ1) is 16.0. The quantitative estimate of drug-likeness (QED) is 0.458. The number of fused-ring (bicyclic) bond motifs is 1. The van der Waals surface area contributed by atoms with E-state index < -0.39 is 5.56 Å². The molecule has 1 aliphatic rings. The second kappa shape index (κ2) is 8.67. The van der Waals surface area contributed by atoms with Crippen molar-refractivity contribution in [3.63, 3.8) is 0 Å². The van der Waals surface area contributed by atoms with Crippen molar-refractivity contribution in [3.05, 3.63) is 69.8 Å². The summed E-state index contributed by atoms with van der Waals surface area (Å²) in [5.74, 6) is 1.21. The molecule has 9 nitrogen and oxygen atoms in total. The fourth-order valence-electron chi connectivity index (χ4n) is 4.01. The molecule has 168 valence electrons. The van der Waals surface area contributed by atoms with Crippen LogP contribution in [0.15, 0.2) is 58.0 Å². The van der Waals surface area contributed by atoms with E-state index in [0.717, 1.165) is 11.4 Å². The molecule has 0 atom stereocenters. The number of nitrogens with zero attached hydrogens (tertiary/aromatic N) is 6. The van der Waals surface area contributed by atoms with Crippen LogP contribution >= 0.6 is 11.6 Å². The summed E-state index contributed by atoms with van der Waals surface area (Å²) in [6.45, 7) is 3.97. The first-order valence-corrected chi connectivity index (χ1v) is 11.0. The molecule has 1 aromatic carbocycles. The lowest BCUT2D eigenvalue weighted by molar-refractivity contribution is -0.132. The smallest absolute Gasteiger partial charge is 0.297 e. The molecule has 0 radical (unpaired) electrons. The lowest BCUT2D eigenvalue weighted by Crippen LogP contribution is -2.50. The molecule has 4 aromatic rings. The maximum absolute atomic E-state index is 13.0. The Morgan fingerprint density at radius 3 is 2.55 bits per heavy atom. The highest BCUT2D eigenvalue weighted by molar-refractivity contribution is 6.30. The predicted octanol–water partition coefficient (Wildman–Crippen LogP) is 2.76. The van der Waals surface area contributed by atoms with E-state index in [-0.39, 0.29) is 18.0 Å². The van der Waals surface area contributed by atoms with Gasteiger partial charge in [-0.1, -0.05) is 35.0 Å². The van der Waals surface area contributed by atoms with E-state index in [9.17, 15) is 9.59 Å². The predicted molar refractivity (Wildman–Crippen MR) is 124 cm³/mol. The normalized spacial score (nSPS) is 14.1. The van der Waals surface area contributed by atoms with Crippen LogP contribution in [-0.4, -0.2) is 56.9 Å². The van der Waals surface area contributed by atoms with Crippen molar-refractivity contribution < 1.29 is 9.32 Å². The Morgan fingerprint density at radius 1 is 1.09 bits per heavy atom. The van der Waals surface area contributed by atoms with Crippen molar-refractivity contribution in [2.24, 2.45) is 0 Å². The minimum Gasteiger partial charge on any atom is -0.360 e. The SMILES string of the molecule is Cc1onc2c(=O)n(CC(=O)N3CCN(c4ccccn4)CC3)nc(-c3ccc(Cl)cc3)c12. The Bertz CT molecular complexity index is 1360. The third-order valence-corrected chi connectivity index (χ3v) is 6.02. The minimum absolute atomic E-state index is 0.153. The molecule has 0 bridgehead atoms. The number of pyridine rings is 1. The van der Waals surface area contributed by atoms with E-state index in [1.165, 1.54) is 4.68 Å². The number of amides is 1. The van der Waals surface area contributed by atoms with Crippen LogP contribution in [0.1, 0.15) is 5.76 Å². The fourth-order valence-corrected chi connectivity index (χ4v) is 4.13. The summed E-state index contributed by atoms with van der Waals surface area (Å²) in [7, 11) is 0. The number of aromatic nitrogens is 4. The standard InChI is InChI=1S/C23H21ClN6O3/c1-15-20-21(16-5-7-17(24)8-6-16)26-30(23(32)22(20)27-33-15)14-19(31)29-12-10-28(11-13-29)18-4-2-3-9-25-18/h2-9H,10-14H2,1H3. The molecule has 1 amide bonds. The van der Waals surface area contributed by atoms with Gasteiger partial charge in [0.25, 0.3) is 5.56 Å². The number of hydrogen-bond donors (Lipinski definition) is 0. The van der Waals surface area contributed by atoms with Gasteiger partial charge in [0.1, 0.15) is 23.8 Å². The number of anilines is 1. The molecule has 1 saturated heterocycles. The van der Waals surface area contributed by atoms with Gasteiger partial charge in [-0.05, 0) is 31.2 Å². The van der Waals surface area contributed by atoms with Gasteiger partial charge >= 0.3 is 0 Å². The van der Waals surface area contributed by atoms with Crippen LogP contribution in [0.4, 0.5) is 5.82 Å². The van der Waals surface area contributed by atoms with Crippen LogP contribution in [0.5, 0.6) is 0 Å². The van der Waals surface area contributed by atoms with Gasteiger partial charge in [-0.2, -0.15) is 5.10 Å². The van der Waals surface area contributed by atoms with Crippen LogP contribution in [0.2, 0.25) is 5.02 Å². The van der Waals surface area contributed by atoms with Crippen molar-refractivity contribution in [1.82, 2.24) is 24.8 Å². The zero-order valence-electron chi connectivity index (χ0n) is 17.9. The molecule has 3 aromatic heterocycles. The van der Waals surface area contributed by atoms with Crippen molar-refractivity contribution >= 4 is 34.2 Å². The third kappa shape index (κ3) is 4.07. The topological polar surface area (TPSA) is 97.4 Å². The summed E-state index contributed by atoms with van der Waals surface area (Å²) in [6, 6.07) is 12.9. The summed E-state index contributed by atoms with van der Waals surface area (Å²) >= 11 is 6.02. The summed E-state index contributed by atoms with van der Waals surface area (Å²) in [5.41, 5.74) is 0.967. The number of carbonyl (C=O) groups is 1. The number of halogens is 1. The van der Waals surface area contributed by atoms with E-state index in [2.05, 4.69) is 20.1 Å². The van der Waals surface area contributed by atoms with Crippen LogP contribution in [0, 0.1) is 6.92 Å². The van der Waals surface area contributed by atoms with E-state index in [1.807, 2.05) is 30.3 Å². The van der Waals surface area contributed by atoms with Crippen LogP contribution in [0.25, 0.3) is 22.2 Å². The lowest BCUT2D eigenvalue weighted by atomic mass is 10.1. The van der Waals surface area contributed by atoms with Crippen molar-refractivity contribution in [3.8, 4) is 11.3 Å². The summed E-state index contributed by atoms with van der Waals surface area (Å²) in [5, 5.41) is 9.58. The van der Waals surface area contributed by atoms with Gasteiger partial charge in [0.05, 0.1) is 5.39 Å². The second-order valence-corrected chi connectivity index (χ2v) is 8.27. The van der Waals surface area contributed by atoms with Crippen molar-refractivity contribution in [1.29, 1.82) is 0 Å². The minimum atomic E-state index is -0.458. The maximum atomic E-state index is 13.0. The van der Waals surface area contributed by atoms with Gasteiger partial charge in [0.2, 0.25) is 5.91 Å². The molecule has 10 heteroatoms. The Kier molecular flexibility index (Phi) is 5.55. The van der Waals surface area contributed by atoms with Gasteiger partial charge in [-0.3, -0.25) is 9.59 Å². The molecule has 0 aliphatic carbocycles. The molecule has 4 heterocycles. The monoisotopic (exact) mass is 464 g/mol. The number of aryl methyl sites for hydroxylation is 1. The average molecular weight is 465 g/mol. The van der Waals surface area contributed by atoms with E-state index in [1.54, 1.807) is 30.2 Å². The van der Waals surface area contributed by atoms with Crippen molar-refractivity contribution in [2.45, 2.75) is 13.5 Å². The average Bonchev–Trinajstić information content (AvgIpc) is 3.24. The lowest BCUT2D eigenvalue weighted by Gasteiger charge is -2.35. The van der Waals surface area contributed by atoms with Gasteiger partial charge in [-0.15, -0.1) is 0 Å². The largest absolute Gasteiger partial charge is 0.360 e. The van der Waals surface area contributed by atoms with Crippen molar-refractivity contribution in [2.75, 3.05) is 31.1 Å². The summed E-state index contributed by atoms with van der Waals surface area (Å²) < 4.78 is 6.44. The number of carbonyl (C=O) groups excluding carboxylic acids is 1. The molecular formula is C23H21ClN6O3. The molecule has 1 aliphatic heterocycles. The zero-order chi connectivity index (χ0) is 22.9. The number of rotatable bonds is 4. The molecular weight excluding hydrogens is 444 g/mol. The first-order valence-electron chi connectivity index (χ1n) is 10.6. The summed E-state index contributed by atoms with van der Waals surface area (Å²) in [6.07, 6.45) is 1.75. The van der Waals surface area contributed by atoms with E-state index >= 15 is 0 Å². The third-order valence-electron chi connectivity index (χ3n) is 5.77. The summed E-state index contributed by atoms with van der Waals surface area (Å²) in [4.78, 5) is 34.3. The molecule has 33 heavy (non-hydrogen) atoms. The molecule has 0 N–H and O–H groups in total. The zero-order valence-corrected chi connectivity index (χ0v) is 18.7. The number of hydrogen-bond acceptors (Lipinski definition) is 7. The Hall–Kier alpha value is -3.72. The molecule has 0 saturated carbocycles. The van der Waals surface area contributed by atoms with E-state index in [4.69, 9.17) is 16.1 Å². The fraction of sp³-hybridized carbons (Fsp3) is 0.261. The first kappa shape index (κ1) is 21.1. The maximum Gasteiger partial charge on any atom is 0.297 e. The van der Waals surface area contributed by atoms with Gasteiger partial charge < -0.3 is 14.3 Å². The highest BCUT2D eigenvalue weighted by atomic mass is 35.5. The molecule has 1 fully saturated rings. The van der Waals surface area contributed by atoms with Gasteiger partial charge in [0.15, 0.2) is 5.52 Å². The van der Waals surface area contributed by atoms with Crippen LogP contribution < -0.4 is 10.5 Å². The molecule has 0 spiro atoms.